The largest absolute Gasteiger partial charge is 0.333 e. The van der Waals surface area contributed by atoms with Crippen molar-refractivity contribution in [1.29, 1.82) is 0 Å². The Kier molecular flexibility index (Phi) is 3.34. The van der Waals surface area contributed by atoms with Gasteiger partial charge in [0, 0.05) is 5.54 Å². The molecule has 2 aliphatic rings. The molecule has 0 atom stereocenters. The van der Waals surface area contributed by atoms with Crippen molar-refractivity contribution in [1.82, 2.24) is 5.32 Å². The van der Waals surface area contributed by atoms with Crippen LogP contribution < -0.4 is 11.1 Å². The summed E-state index contributed by atoms with van der Waals surface area (Å²) in [5.74, 6) is 0. The van der Waals surface area contributed by atoms with Crippen molar-refractivity contribution in [2.75, 3.05) is 13.6 Å². The molecule has 2 fully saturated rings. The van der Waals surface area contributed by atoms with Crippen molar-refractivity contribution >= 4 is 0 Å². The lowest BCUT2D eigenvalue weighted by Crippen LogP contribution is -2.29. The molecule has 2 heteroatoms. The lowest BCUT2D eigenvalue weighted by Gasteiger charge is -2.11. The molecule has 3 N–H and O–H groups in total. The SMILES string of the molecule is C1CCNC2(CC1)CC2.CN. The third-order valence-electron chi connectivity index (χ3n) is 2.69. The monoisotopic (exact) mass is 156 g/mol. The lowest BCUT2D eigenvalue weighted by molar-refractivity contribution is 0.496. The maximum absolute atomic E-state index is 4.50. The van der Waals surface area contributed by atoms with Gasteiger partial charge in [-0.25, -0.2) is 0 Å². The van der Waals surface area contributed by atoms with E-state index in [0.717, 1.165) is 0 Å². The Hall–Kier alpha value is -0.0800. The summed E-state index contributed by atoms with van der Waals surface area (Å²) in [4.78, 5) is 0. The highest BCUT2D eigenvalue weighted by molar-refractivity contribution is 5.02. The van der Waals surface area contributed by atoms with E-state index >= 15 is 0 Å². The van der Waals surface area contributed by atoms with Crippen LogP contribution in [0.5, 0.6) is 0 Å². The summed E-state index contributed by atoms with van der Waals surface area (Å²) < 4.78 is 0. The molecule has 0 unspecified atom stereocenters. The number of hydrogen-bond donors (Lipinski definition) is 2. The Morgan fingerprint density at radius 1 is 1.00 bits per heavy atom. The summed E-state index contributed by atoms with van der Waals surface area (Å²) in [6.07, 6.45) is 8.68. The van der Waals surface area contributed by atoms with Crippen molar-refractivity contribution in [3.8, 4) is 0 Å². The second kappa shape index (κ2) is 4.07. The zero-order chi connectivity index (χ0) is 8.16. The Bertz CT molecular complexity index is 98.1. The number of nitrogens with two attached hydrogens (primary N) is 1. The van der Waals surface area contributed by atoms with Crippen LogP contribution in [0.1, 0.15) is 38.5 Å². The van der Waals surface area contributed by atoms with Gasteiger partial charge in [-0.3, -0.25) is 0 Å². The molecule has 0 bridgehead atoms. The first-order valence-electron chi connectivity index (χ1n) is 4.74. The van der Waals surface area contributed by atoms with Gasteiger partial charge in [-0.2, -0.15) is 0 Å². The molecule has 1 aliphatic carbocycles. The molecule has 0 aromatic heterocycles. The Balaban J connectivity index is 0.000000281. The highest BCUT2D eigenvalue weighted by Crippen LogP contribution is 2.41. The average Bonchev–Trinajstić information content (AvgIpc) is 2.86. The van der Waals surface area contributed by atoms with Crippen LogP contribution in [0.25, 0.3) is 0 Å². The summed E-state index contributed by atoms with van der Waals surface area (Å²) in [5.41, 5.74) is 5.16. The van der Waals surface area contributed by atoms with E-state index in [1.165, 1.54) is 52.1 Å². The first-order chi connectivity index (χ1) is 5.41. The minimum atomic E-state index is 0.663. The van der Waals surface area contributed by atoms with Crippen molar-refractivity contribution in [2.45, 2.75) is 44.1 Å². The predicted octanol–water partition coefficient (Wildman–Crippen LogP) is 1.26. The summed E-state index contributed by atoms with van der Waals surface area (Å²) in [7, 11) is 1.50. The molecular formula is C9H20N2. The average molecular weight is 156 g/mol. The molecule has 1 aliphatic heterocycles. The fourth-order valence-electron chi connectivity index (χ4n) is 1.78. The van der Waals surface area contributed by atoms with Gasteiger partial charge in [0.15, 0.2) is 0 Å². The fourth-order valence-corrected chi connectivity index (χ4v) is 1.78. The van der Waals surface area contributed by atoms with Gasteiger partial charge in [0.25, 0.3) is 0 Å². The van der Waals surface area contributed by atoms with E-state index in [9.17, 15) is 0 Å². The number of hydrogen-bond acceptors (Lipinski definition) is 2. The van der Waals surface area contributed by atoms with Crippen LogP contribution in [-0.2, 0) is 0 Å². The van der Waals surface area contributed by atoms with E-state index in [1.54, 1.807) is 0 Å². The quantitative estimate of drug-likeness (QED) is 0.554. The van der Waals surface area contributed by atoms with Gasteiger partial charge in [0.05, 0.1) is 0 Å². The molecule has 0 radical (unpaired) electrons. The summed E-state index contributed by atoms with van der Waals surface area (Å²) in [6.45, 7) is 1.28. The molecule has 2 nitrogen and oxygen atoms in total. The van der Waals surface area contributed by atoms with Crippen LogP contribution in [0, 0.1) is 0 Å². The topological polar surface area (TPSA) is 38.0 Å². The number of nitrogens with one attached hydrogen (secondary N) is 1. The zero-order valence-electron chi connectivity index (χ0n) is 7.53. The smallest absolute Gasteiger partial charge is 0.0182 e. The Morgan fingerprint density at radius 2 is 1.73 bits per heavy atom. The fraction of sp³-hybridized carbons (Fsp3) is 1.00. The van der Waals surface area contributed by atoms with Gasteiger partial charge in [-0.15, -0.1) is 0 Å². The van der Waals surface area contributed by atoms with Gasteiger partial charge >= 0.3 is 0 Å². The lowest BCUT2D eigenvalue weighted by atomic mass is 10.1. The minimum Gasteiger partial charge on any atom is -0.333 e. The normalized spacial score (nSPS) is 26.7. The van der Waals surface area contributed by atoms with Crippen molar-refractivity contribution < 1.29 is 0 Å². The molecule has 1 heterocycles. The minimum absolute atomic E-state index is 0.663. The third-order valence-corrected chi connectivity index (χ3v) is 2.69. The highest BCUT2D eigenvalue weighted by Gasteiger charge is 2.41. The Labute approximate surface area is 69.5 Å². The molecule has 0 amide bonds. The molecule has 1 spiro atoms. The second-order valence-corrected chi connectivity index (χ2v) is 3.52. The summed E-state index contributed by atoms with van der Waals surface area (Å²) >= 11 is 0. The van der Waals surface area contributed by atoms with Crippen LogP contribution in [-0.4, -0.2) is 19.1 Å². The molecule has 1 saturated carbocycles. The molecule has 1 saturated heterocycles. The van der Waals surface area contributed by atoms with Crippen LogP contribution in [0.2, 0.25) is 0 Å². The third kappa shape index (κ3) is 2.46. The molecule has 11 heavy (non-hydrogen) atoms. The van der Waals surface area contributed by atoms with Crippen LogP contribution in [0.15, 0.2) is 0 Å². The zero-order valence-corrected chi connectivity index (χ0v) is 7.53. The Morgan fingerprint density at radius 3 is 2.36 bits per heavy atom. The molecule has 0 aromatic rings. The predicted molar refractivity (Wildman–Crippen MR) is 48.5 cm³/mol. The molecule has 66 valence electrons. The molecular weight excluding hydrogens is 136 g/mol. The van der Waals surface area contributed by atoms with E-state index in [-0.39, 0.29) is 0 Å². The maximum Gasteiger partial charge on any atom is 0.0182 e. The standard InChI is InChI=1S/C8H15N.CH5N/c1-2-4-8(5-6-8)9-7-3-1;1-2/h9H,1-7H2;2H2,1H3. The molecule has 0 aromatic carbocycles. The first kappa shape index (κ1) is 9.01. The second-order valence-electron chi connectivity index (χ2n) is 3.52. The first-order valence-corrected chi connectivity index (χ1v) is 4.74. The van der Waals surface area contributed by atoms with Crippen LogP contribution in [0.3, 0.4) is 0 Å². The summed E-state index contributed by atoms with van der Waals surface area (Å²) in [6, 6.07) is 0. The number of rotatable bonds is 0. The van der Waals surface area contributed by atoms with E-state index in [2.05, 4.69) is 11.1 Å². The van der Waals surface area contributed by atoms with Gasteiger partial charge in [0.2, 0.25) is 0 Å². The van der Waals surface area contributed by atoms with E-state index in [4.69, 9.17) is 0 Å². The van der Waals surface area contributed by atoms with E-state index < -0.39 is 0 Å². The van der Waals surface area contributed by atoms with Gasteiger partial charge in [-0.1, -0.05) is 12.8 Å². The summed E-state index contributed by atoms with van der Waals surface area (Å²) in [5, 5.41) is 3.63. The van der Waals surface area contributed by atoms with E-state index in [1.807, 2.05) is 0 Å². The maximum atomic E-state index is 4.50. The van der Waals surface area contributed by atoms with Crippen molar-refractivity contribution in [3.63, 3.8) is 0 Å². The highest BCUT2D eigenvalue weighted by atomic mass is 15.0. The van der Waals surface area contributed by atoms with Crippen LogP contribution >= 0.6 is 0 Å². The van der Waals surface area contributed by atoms with Gasteiger partial charge in [-0.05, 0) is 39.3 Å². The van der Waals surface area contributed by atoms with E-state index in [0.29, 0.717) is 5.54 Å². The molecule has 2 rings (SSSR count). The van der Waals surface area contributed by atoms with Crippen molar-refractivity contribution in [3.05, 3.63) is 0 Å². The van der Waals surface area contributed by atoms with Gasteiger partial charge < -0.3 is 11.1 Å². The van der Waals surface area contributed by atoms with Gasteiger partial charge in [0.1, 0.15) is 0 Å². The van der Waals surface area contributed by atoms with Crippen molar-refractivity contribution in [2.24, 2.45) is 5.73 Å². The van der Waals surface area contributed by atoms with Crippen LogP contribution in [0.4, 0.5) is 0 Å².